The second kappa shape index (κ2) is 8.48. The van der Waals surface area contributed by atoms with E-state index in [9.17, 15) is 14.3 Å². The first-order valence-corrected chi connectivity index (χ1v) is 10.4. The Morgan fingerprint density at radius 2 is 1.97 bits per heavy atom. The van der Waals surface area contributed by atoms with Gasteiger partial charge in [0, 0.05) is 35.6 Å². The lowest BCUT2D eigenvalue weighted by atomic mass is 9.93. The van der Waals surface area contributed by atoms with Crippen molar-refractivity contribution in [2.24, 2.45) is 0 Å². The molecule has 0 saturated carbocycles. The Bertz CT molecular complexity index is 1320. The van der Waals surface area contributed by atoms with Crippen LogP contribution in [0.15, 0.2) is 67.3 Å². The zero-order valence-electron chi connectivity index (χ0n) is 17.8. The molecule has 5 rings (SSSR count). The van der Waals surface area contributed by atoms with Crippen LogP contribution in [0.3, 0.4) is 0 Å². The summed E-state index contributed by atoms with van der Waals surface area (Å²) >= 11 is 0. The Morgan fingerprint density at radius 1 is 1.12 bits per heavy atom. The molecule has 33 heavy (non-hydrogen) atoms. The molecular weight excluding hydrogens is 423 g/mol. The number of carbonyl (C=O) groups is 1. The highest BCUT2D eigenvalue weighted by atomic mass is 19.1. The molecule has 2 aromatic heterocycles. The van der Waals surface area contributed by atoms with Crippen LogP contribution >= 0.6 is 0 Å². The highest BCUT2D eigenvalue weighted by Gasteiger charge is 2.35. The van der Waals surface area contributed by atoms with Gasteiger partial charge in [-0.15, -0.1) is 0 Å². The van der Waals surface area contributed by atoms with E-state index in [1.54, 1.807) is 30.6 Å². The number of benzene rings is 2. The van der Waals surface area contributed by atoms with Gasteiger partial charge in [0.1, 0.15) is 11.6 Å². The van der Waals surface area contributed by atoms with Crippen LogP contribution in [-0.4, -0.2) is 44.8 Å². The van der Waals surface area contributed by atoms with E-state index in [4.69, 9.17) is 4.74 Å². The van der Waals surface area contributed by atoms with Crippen molar-refractivity contribution in [2.75, 3.05) is 13.7 Å². The summed E-state index contributed by atoms with van der Waals surface area (Å²) in [6, 6.07) is 11.9. The first-order chi connectivity index (χ1) is 16.1. The maximum absolute atomic E-state index is 14.0. The molecule has 2 aromatic carbocycles. The number of hydrogen-bond donors (Lipinski definition) is 2. The second-order valence-corrected chi connectivity index (χ2v) is 7.84. The molecule has 0 saturated heterocycles. The number of aliphatic hydroxyl groups is 1. The van der Waals surface area contributed by atoms with E-state index in [-0.39, 0.29) is 19.1 Å². The van der Waals surface area contributed by atoms with Crippen LogP contribution in [0.5, 0.6) is 5.75 Å². The van der Waals surface area contributed by atoms with Gasteiger partial charge < -0.3 is 14.7 Å². The molecule has 1 aliphatic rings. The van der Waals surface area contributed by atoms with Crippen LogP contribution in [0, 0.1) is 5.82 Å². The number of aromatic nitrogens is 3. The summed E-state index contributed by atoms with van der Waals surface area (Å²) in [4.78, 5) is 19.2. The van der Waals surface area contributed by atoms with E-state index in [0.29, 0.717) is 22.4 Å². The lowest BCUT2D eigenvalue weighted by Gasteiger charge is -2.27. The maximum atomic E-state index is 14.0. The number of halogens is 1. The van der Waals surface area contributed by atoms with E-state index < -0.39 is 11.9 Å². The van der Waals surface area contributed by atoms with E-state index in [0.717, 1.165) is 28.5 Å². The van der Waals surface area contributed by atoms with Crippen LogP contribution < -0.4 is 4.74 Å². The van der Waals surface area contributed by atoms with Gasteiger partial charge in [-0.25, -0.2) is 4.39 Å². The molecule has 8 heteroatoms. The third-order valence-electron chi connectivity index (χ3n) is 5.94. The van der Waals surface area contributed by atoms with Crippen molar-refractivity contribution < 1.29 is 19.0 Å². The van der Waals surface area contributed by atoms with Crippen molar-refractivity contribution in [3.05, 3.63) is 89.8 Å². The van der Waals surface area contributed by atoms with Crippen molar-refractivity contribution in [2.45, 2.75) is 12.6 Å². The molecule has 0 spiro atoms. The number of methoxy groups -OCH3 is 1. The van der Waals surface area contributed by atoms with E-state index in [1.165, 1.54) is 6.07 Å². The summed E-state index contributed by atoms with van der Waals surface area (Å²) in [5.41, 5.74) is 4.92. The predicted octanol–water partition coefficient (Wildman–Crippen LogP) is 3.98. The number of nitrogens with one attached hydrogen (secondary N) is 1. The number of hydrogen-bond acceptors (Lipinski definition) is 5. The summed E-state index contributed by atoms with van der Waals surface area (Å²) in [6.45, 7) is 0.0203. The van der Waals surface area contributed by atoms with Gasteiger partial charge in [-0.2, -0.15) is 5.10 Å². The fourth-order valence-electron chi connectivity index (χ4n) is 4.31. The topological polar surface area (TPSA) is 91.3 Å². The van der Waals surface area contributed by atoms with Crippen LogP contribution in [0.1, 0.15) is 27.5 Å². The Balaban J connectivity index is 1.63. The quantitative estimate of drug-likeness (QED) is 0.470. The zero-order valence-corrected chi connectivity index (χ0v) is 17.8. The van der Waals surface area contributed by atoms with Gasteiger partial charge in [0.25, 0.3) is 5.91 Å². The number of fused-ring (bicyclic) bond motifs is 1. The van der Waals surface area contributed by atoms with Gasteiger partial charge in [0.05, 0.1) is 32.2 Å². The predicted molar refractivity (Wildman–Crippen MR) is 120 cm³/mol. The Kier molecular flexibility index (Phi) is 5.35. The molecule has 1 aliphatic heterocycles. The number of amides is 1. The van der Waals surface area contributed by atoms with Crippen molar-refractivity contribution >= 4 is 5.91 Å². The molecule has 0 aliphatic carbocycles. The molecule has 7 nitrogen and oxygen atoms in total. The first kappa shape index (κ1) is 20.8. The van der Waals surface area contributed by atoms with Crippen molar-refractivity contribution in [3.8, 4) is 28.0 Å². The van der Waals surface area contributed by atoms with Crippen LogP contribution in [0.4, 0.5) is 4.39 Å². The normalized spacial score (nSPS) is 13.8. The average molecular weight is 444 g/mol. The smallest absolute Gasteiger partial charge is 0.255 e. The van der Waals surface area contributed by atoms with Gasteiger partial charge >= 0.3 is 0 Å². The Hall–Kier alpha value is -4.04. The number of pyridine rings is 1. The number of nitrogens with zero attached hydrogens (tertiary/aromatic N) is 3. The largest absolute Gasteiger partial charge is 0.497 e. The van der Waals surface area contributed by atoms with E-state index in [2.05, 4.69) is 15.2 Å². The maximum Gasteiger partial charge on any atom is 0.255 e. The highest BCUT2D eigenvalue weighted by Crippen LogP contribution is 2.40. The molecule has 2 N–H and O–H groups in total. The third-order valence-corrected chi connectivity index (χ3v) is 5.94. The molecule has 1 unspecified atom stereocenters. The molecular formula is C25H21FN4O3. The zero-order chi connectivity index (χ0) is 22.9. The standard InChI is InChI=1S/C25H21FN4O3/c1-33-20-4-2-3-15(6-20)24(14-31)30-13-23-21(17-5-19(26)12-27-9-17)7-16(8-22(23)25(30)32)18-10-28-29-11-18/h2-12,24,31H,13-14H2,1H3,(H,28,29). The molecule has 4 aromatic rings. The van der Waals surface area contributed by atoms with Gasteiger partial charge in [0.15, 0.2) is 0 Å². The van der Waals surface area contributed by atoms with Gasteiger partial charge in [-0.05, 0) is 52.6 Å². The third kappa shape index (κ3) is 3.74. The SMILES string of the molecule is COc1cccc(C(CO)N2Cc3c(cc(-c4cn[nH]c4)cc3-c3cncc(F)c3)C2=O)c1. The lowest BCUT2D eigenvalue weighted by molar-refractivity contribution is 0.0615. The fraction of sp³-hybridized carbons (Fsp3) is 0.160. The van der Waals surface area contributed by atoms with Gasteiger partial charge in [-0.3, -0.25) is 14.9 Å². The van der Waals surface area contributed by atoms with E-state index >= 15 is 0 Å². The van der Waals surface area contributed by atoms with Crippen molar-refractivity contribution in [1.82, 2.24) is 20.1 Å². The highest BCUT2D eigenvalue weighted by molar-refractivity contribution is 6.02. The molecule has 0 radical (unpaired) electrons. The number of aliphatic hydroxyl groups excluding tert-OH is 1. The number of carbonyl (C=O) groups excluding carboxylic acids is 1. The van der Waals surface area contributed by atoms with Crippen LogP contribution in [0.2, 0.25) is 0 Å². The summed E-state index contributed by atoms with van der Waals surface area (Å²) in [6.07, 6.45) is 6.13. The summed E-state index contributed by atoms with van der Waals surface area (Å²) in [7, 11) is 1.57. The summed E-state index contributed by atoms with van der Waals surface area (Å²) in [5, 5.41) is 17.0. The van der Waals surface area contributed by atoms with Gasteiger partial charge in [0.2, 0.25) is 0 Å². The number of ether oxygens (including phenoxy) is 1. The molecule has 166 valence electrons. The average Bonchev–Trinajstić information content (AvgIpc) is 3.48. The number of aromatic amines is 1. The van der Waals surface area contributed by atoms with Gasteiger partial charge in [-0.1, -0.05) is 12.1 Å². The molecule has 0 fully saturated rings. The molecule has 0 bridgehead atoms. The molecule has 3 heterocycles. The minimum absolute atomic E-state index is 0.206. The monoisotopic (exact) mass is 444 g/mol. The van der Waals surface area contributed by atoms with Crippen LogP contribution in [-0.2, 0) is 6.54 Å². The summed E-state index contributed by atoms with van der Waals surface area (Å²) in [5.74, 6) is -0.0209. The van der Waals surface area contributed by atoms with Crippen molar-refractivity contribution in [3.63, 3.8) is 0 Å². The van der Waals surface area contributed by atoms with E-state index in [1.807, 2.05) is 36.4 Å². The Labute approximate surface area is 189 Å². The number of rotatable bonds is 6. The minimum Gasteiger partial charge on any atom is -0.497 e. The molecule has 1 atom stereocenters. The van der Waals surface area contributed by atoms with Crippen LogP contribution in [0.25, 0.3) is 22.3 Å². The molecule has 1 amide bonds. The Morgan fingerprint density at radius 3 is 2.70 bits per heavy atom. The number of H-pyrrole nitrogens is 1. The van der Waals surface area contributed by atoms with Crippen molar-refractivity contribution in [1.29, 1.82) is 0 Å². The minimum atomic E-state index is -0.559. The lowest BCUT2D eigenvalue weighted by Crippen LogP contribution is -2.31. The second-order valence-electron chi connectivity index (χ2n) is 7.84. The fourth-order valence-corrected chi connectivity index (χ4v) is 4.31. The first-order valence-electron chi connectivity index (χ1n) is 10.4. The summed E-state index contributed by atoms with van der Waals surface area (Å²) < 4.78 is 19.3.